The van der Waals surface area contributed by atoms with E-state index in [9.17, 15) is 0 Å². The van der Waals surface area contributed by atoms with Crippen LogP contribution >= 0.6 is 0 Å². The number of hydrogen-bond acceptors (Lipinski definition) is 2. The van der Waals surface area contributed by atoms with Crippen LogP contribution in [0.1, 0.15) is 72.6 Å². The van der Waals surface area contributed by atoms with E-state index in [1.54, 1.807) is 0 Å². The minimum absolute atomic E-state index is 0.348. The molecule has 0 aromatic carbocycles. The summed E-state index contributed by atoms with van der Waals surface area (Å²) >= 11 is 0. The molecule has 118 valence electrons. The van der Waals surface area contributed by atoms with Gasteiger partial charge in [0.25, 0.3) is 0 Å². The normalized spacial score (nSPS) is 18.4. The average Bonchev–Trinajstić information content (AvgIpc) is 2.97. The van der Waals surface area contributed by atoms with Crippen LogP contribution < -0.4 is 5.32 Å². The van der Waals surface area contributed by atoms with Crippen LogP contribution in [0.2, 0.25) is 0 Å². The van der Waals surface area contributed by atoms with E-state index in [1.165, 1.54) is 57.2 Å². The van der Waals surface area contributed by atoms with Crippen LogP contribution in [0.3, 0.4) is 0 Å². The molecule has 0 aromatic rings. The van der Waals surface area contributed by atoms with Crippen LogP contribution in [-0.4, -0.2) is 36.1 Å². The highest BCUT2D eigenvalue weighted by molar-refractivity contribution is 5.02. The molecule has 1 rings (SSSR count). The molecule has 0 aromatic heterocycles. The third-order valence-electron chi connectivity index (χ3n) is 5.11. The minimum atomic E-state index is 0.348. The second-order valence-corrected chi connectivity index (χ2v) is 6.51. The standard InChI is InChI=1S/C18H36N2/c1-6-13-19-17(12-11-16(4)5)18(7-2,8-3)20-14-9-10-15-20/h17,19H,4,6-15H2,1-3,5H3. The highest BCUT2D eigenvalue weighted by Crippen LogP contribution is 2.33. The van der Waals surface area contributed by atoms with Gasteiger partial charge in [0.1, 0.15) is 0 Å². The van der Waals surface area contributed by atoms with E-state index in [1.807, 2.05) is 0 Å². The molecular weight excluding hydrogens is 244 g/mol. The molecule has 2 heteroatoms. The van der Waals surface area contributed by atoms with Gasteiger partial charge >= 0.3 is 0 Å². The largest absolute Gasteiger partial charge is 0.312 e. The maximum Gasteiger partial charge on any atom is 0.0357 e. The van der Waals surface area contributed by atoms with Crippen molar-refractivity contribution in [1.29, 1.82) is 0 Å². The topological polar surface area (TPSA) is 15.3 Å². The van der Waals surface area contributed by atoms with Crippen molar-refractivity contribution in [2.75, 3.05) is 19.6 Å². The van der Waals surface area contributed by atoms with Crippen molar-refractivity contribution in [3.63, 3.8) is 0 Å². The van der Waals surface area contributed by atoms with Gasteiger partial charge in [-0.05, 0) is 71.5 Å². The molecule has 0 bridgehead atoms. The molecule has 1 N–H and O–H groups in total. The highest BCUT2D eigenvalue weighted by atomic mass is 15.2. The fraction of sp³-hybridized carbons (Fsp3) is 0.889. The van der Waals surface area contributed by atoms with Gasteiger partial charge in [-0.15, -0.1) is 6.58 Å². The first kappa shape index (κ1) is 17.7. The molecule has 1 atom stereocenters. The lowest BCUT2D eigenvalue weighted by Gasteiger charge is -2.47. The van der Waals surface area contributed by atoms with E-state index >= 15 is 0 Å². The molecule has 20 heavy (non-hydrogen) atoms. The predicted molar refractivity (Wildman–Crippen MR) is 90.2 cm³/mol. The lowest BCUT2D eigenvalue weighted by atomic mass is 9.80. The summed E-state index contributed by atoms with van der Waals surface area (Å²) in [5, 5.41) is 3.86. The Morgan fingerprint density at radius 1 is 1.20 bits per heavy atom. The Labute approximate surface area is 127 Å². The molecule has 1 aliphatic rings. The van der Waals surface area contributed by atoms with E-state index in [0.717, 1.165) is 13.0 Å². The number of hydrogen-bond donors (Lipinski definition) is 1. The first-order valence-corrected chi connectivity index (χ1v) is 8.73. The van der Waals surface area contributed by atoms with Crippen LogP contribution in [0.25, 0.3) is 0 Å². The summed E-state index contributed by atoms with van der Waals surface area (Å²) in [6, 6.07) is 0.604. The molecule has 2 nitrogen and oxygen atoms in total. The quantitative estimate of drug-likeness (QED) is 0.598. The summed E-state index contributed by atoms with van der Waals surface area (Å²) < 4.78 is 0. The van der Waals surface area contributed by atoms with Gasteiger partial charge < -0.3 is 5.32 Å². The molecule has 0 aliphatic carbocycles. The minimum Gasteiger partial charge on any atom is -0.312 e. The molecule has 1 fully saturated rings. The van der Waals surface area contributed by atoms with E-state index in [0.29, 0.717) is 11.6 Å². The maximum atomic E-state index is 4.10. The van der Waals surface area contributed by atoms with Crippen molar-refractivity contribution >= 4 is 0 Å². The van der Waals surface area contributed by atoms with Crippen molar-refractivity contribution < 1.29 is 0 Å². The SMILES string of the molecule is C=C(C)CCC(NCCC)C(CC)(CC)N1CCCC1. The van der Waals surface area contributed by atoms with Crippen molar-refractivity contribution in [2.24, 2.45) is 0 Å². The number of rotatable bonds is 10. The lowest BCUT2D eigenvalue weighted by molar-refractivity contribution is 0.0587. The Balaban J connectivity index is 2.85. The zero-order chi connectivity index (χ0) is 15.0. The average molecular weight is 280 g/mol. The van der Waals surface area contributed by atoms with Gasteiger partial charge in [-0.3, -0.25) is 4.90 Å². The molecule has 0 saturated carbocycles. The zero-order valence-corrected chi connectivity index (χ0v) is 14.3. The Morgan fingerprint density at radius 2 is 1.80 bits per heavy atom. The van der Waals surface area contributed by atoms with Crippen LogP contribution in [0.4, 0.5) is 0 Å². The Kier molecular flexibility index (Phi) is 7.83. The third-order valence-corrected chi connectivity index (χ3v) is 5.11. The van der Waals surface area contributed by atoms with Gasteiger partial charge in [0, 0.05) is 11.6 Å². The fourth-order valence-electron chi connectivity index (χ4n) is 3.84. The van der Waals surface area contributed by atoms with Gasteiger partial charge in [-0.2, -0.15) is 0 Å². The van der Waals surface area contributed by atoms with Crippen molar-refractivity contribution in [2.45, 2.75) is 84.2 Å². The van der Waals surface area contributed by atoms with Crippen molar-refractivity contribution in [3.8, 4) is 0 Å². The van der Waals surface area contributed by atoms with Gasteiger partial charge in [-0.25, -0.2) is 0 Å². The molecule has 0 radical (unpaired) electrons. The Bertz CT molecular complexity index is 275. The molecular formula is C18H36N2. The van der Waals surface area contributed by atoms with Crippen LogP contribution in [0.5, 0.6) is 0 Å². The molecule has 0 spiro atoms. The van der Waals surface area contributed by atoms with Crippen LogP contribution in [0.15, 0.2) is 12.2 Å². The maximum absolute atomic E-state index is 4.10. The first-order chi connectivity index (χ1) is 9.60. The molecule has 1 unspecified atom stereocenters. The summed E-state index contributed by atoms with van der Waals surface area (Å²) in [7, 11) is 0. The van der Waals surface area contributed by atoms with Crippen molar-refractivity contribution in [3.05, 3.63) is 12.2 Å². The van der Waals surface area contributed by atoms with Crippen LogP contribution in [-0.2, 0) is 0 Å². The molecule has 1 heterocycles. The number of nitrogens with zero attached hydrogens (tertiary/aromatic N) is 1. The molecule has 0 amide bonds. The third kappa shape index (κ3) is 4.33. The smallest absolute Gasteiger partial charge is 0.0357 e. The Hall–Kier alpha value is -0.340. The lowest BCUT2D eigenvalue weighted by Crippen LogP contribution is -2.60. The van der Waals surface area contributed by atoms with E-state index in [-0.39, 0.29) is 0 Å². The van der Waals surface area contributed by atoms with Crippen molar-refractivity contribution in [1.82, 2.24) is 10.2 Å². The van der Waals surface area contributed by atoms with E-state index in [4.69, 9.17) is 0 Å². The number of allylic oxidation sites excluding steroid dienone is 1. The summed E-state index contributed by atoms with van der Waals surface area (Å²) in [5.74, 6) is 0. The molecule has 1 saturated heterocycles. The zero-order valence-electron chi connectivity index (χ0n) is 14.3. The van der Waals surface area contributed by atoms with Gasteiger partial charge in [-0.1, -0.05) is 26.3 Å². The molecule has 1 aliphatic heterocycles. The first-order valence-electron chi connectivity index (χ1n) is 8.73. The van der Waals surface area contributed by atoms with E-state index in [2.05, 4.69) is 44.5 Å². The fourth-order valence-corrected chi connectivity index (χ4v) is 3.84. The summed E-state index contributed by atoms with van der Waals surface area (Å²) in [4.78, 5) is 2.78. The summed E-state index contributed by atoms with van der Waals surface area (Å²) in [5.41, 5.74) is 1.66. The second-order valence-electron chi connectivity index (χ2n) is 6.51. The summed E-state index contributed by atoms with van der Waals surface area (Å²) in [6.07, 6.45) is 8.85. The number of nitrogens with one attached hydrogen (secondary N) is 1. The highest BCUT2D eigenvalue weighted by Gasteiger charge is 2.41. The second kappa shape index (κ2) is 8.84. The monoisotopic (exact) mass is 280 g/mol. The van der Waals surface area contributed by atoms with Gasteiger partial charge in [0.2, 0.25) is 0 Å². The van der Waals surface area contributed by atoms with Crippen LogP contribution in [0, 0.1) is 0 Å². The van der Waals surface area contributed by atoms with Gasteiger partial charge in [0.05, 0.1) is 0 Å². The predicted octanol–water partition coefficient (Wildman–Crippen LogP) is 4.37. The Morgan fingerprint density at radius 3 is 2.25 bits per heavy atom. The summed E-state index contributed by atoms with van der Waals surface area (Å²) in [6.45, 7) is 17.0. The van der Waals surface area contributed by atoms with E-state index < -0.39 is 0 Å². The van der Waals surface area contributed by atoms with Gasteiger partial charge in [0.15, 0.2) is 0 Å². The number of likely N-dealkylation sites (tertiary alicyclic amines) is 1.